The average molecular weight is 244 g/mol. The molecular weight excluding hydrogens is 232 g/mol. The van der Waals surface area contributed by atoms with Gasteiger partial charge in [-0.15, -0.1) is 0 Å². The van der Waals surface area contributed by atoms with Gasteiger partial charge >= 0.3 is 0 Å². The van der Waals surface area contributed by atoms with Crippen molar-refractivity contribution in [2.75, 3.05) is 6.61 Å². The molecule has 1 saturated heterocycles. The molecule has 2 rings (SSSR count). The van der Waals surface area contributed by atoms with Gasteiger partial charge in [-0.1, -0.05) is 0 Å². The Bertz CT molecular complexity index is 483. The van der Waals surface area contributed by atoms with E-state index in [-0.39, 0.29) is 16.9 Å². The molecule has 1 aliphatic heterocycles. The lowest BCUT2D eigenvalue weighted by molar-refractivity contribution is -0.0453. The van der Waals surface area contributed by atoms with Crippen molar-refractivity contribution in [3.05, 3.63) is 27.4 Å². The molecule has 0 saturated carbocycles. The summed E-state index contributed by atoms with van der Waals surface area (Å²) in [6.07, 6.45) is 0.0864. The van der Waals surface area contributed by atoms with Crippen molar-refractivity contribution in [3.63, 3.8) is 0 Å². The molecule has 2 heterocycles. The molecule has 1 aliphatic rings. The normalized spacial score (nSPS) is 29.5. The lowest BCUT2D eigenvalue weighted by Crippen LogP contribution is -2.24. The Morgan fingerprint density at radius 1 is 1.69 bits per heavy atom. The van der Waals surface area contributed by atoms with Gasteiger partial charge in [-0.2, -0.15) is 0 Å². The lowest BCUT2D eigenvalue weighted by atomic mass is 10.2. The molecule has 0 bridgehead atoms. The van der Waals surface area contributed by atoms with E-state index in [1.54, 1.807) is 4.57 Å². The monoisotopic (exact) mass is 244 g/mol. The van der Waals surface area contributed by atoms with Gasteiger partial charge in [0.25, 0.3) is 5.56 Å². The number of hydrogen-bond acceptors (Lipinski definition) is 5. The van der Waals surface area contributed by atoms with E-state index in [1.165, 1.54) is 12.3 Å². The van der Waals surface area contributed by atoms with E-state index in [0.717, 1.165) is 0 Å². The average Bonchev–Trinajstić information content (AvgIpc) is 2.59. The number of aromatic amines is 1. The van der Waals surface area contributed by atoms with Gasteiger partial charge in [0, 0.05) is 18.7 Å². The highest BCUT2D eigenvalue weighted by atomic mass is 32.1. The summed E-state index contributed by atoms with van der Waals surface area (Å²) in [4.78, 5) is 13.4. The first kappa shape index (κ1) is 11.5. The summed E-state index contributed by atoms with van der Waals surface area (Å²) < 4.78 is 7.19. The van der Waals surface area contributed by atoms with Crippen LogP contribution in [0.15, 0.2) is 17.1 Å². The molecule has 1 aromatic heterocycles. The van der Waals surface area contributed by atoms with Crippen molar-refractivity contribution >= 4 is 12.2 Å². The Balaban J connectivity index is 2.27. The molecule has 1 fully saturated rings. The standard InChI is InChI=1S/C9H12N2O4S/c12-4-6-5(13)3-8(15-6)11-2-1-7(14)10-9(11)16/h1-2,5-6,8,12-13H,3-4H2,(H,10,14,16)/t5-,6+,8?/m0/s1. The van der Waals surface area contributed by atoms with E-state index >= 15 is 0 Å². The molecule has 6 nitrogen and oxygen atoms in total. The second kappa shape index (κ2) is 4.46. The lowest BCUT2D eigenvalue weighted by Gasteiger charge is -2.14. The zero-order valence-corrected chi connectivity index (χ0v) is 9.18. The van der Waals surface area contributed by atoms with E-state index in [2.05, 4.69) is 4.98 Å². The maximum atomic E-state index is 11.0. The van der Waals surface area contributed by atoms with Crippen LogP contribution in [0, 0.1) is 4.77 Å². The number of nitrogens with one attached hydrogen (secondary N) is 1. The minimum atomic E-state index is -0.719. The molecule has 0 radical (unpaired) electrons. The van der Waals surface area contributed by atoms with Crippen molar-refractivity contribution < 1.29 is 14.9 Å². The Kier molecular flexibility index (Phi) is 3.20. The zero-order chi connectivity index (χ0) is 11.7. The van der Waals surface area contributed by atoms with Gasteiger partial charge in [0.05, 0.1) is 12.7 Å². The minimum absolute atomic E-state index is 0.239. The molecule has 16 heavy (non-hydrogen) atoms. The Morgan fingerprint density at radius 3 is 3.00 bits per heavy atom. The Hall–Kier alpha value is -1.02. The number of rotatable bonds is 2. The molecule has 1 unspecified atom stereocenters. The van der Waals surface area contributed by atoms with Crippen LogP contribution in [-0.2, 0) is 4.74 Å². The van der Waals surface area contributed by atoms with Crippen LogP contribution in [0.3, 0.4) is 0 Å². The van der Waals surface area contributed by atoms with Gasteiger partial charge < -0.3 is 14.9 Å². The highest BCUT2D eigenvalue weighted by Crippen LogP contribution is 2.28. The topological polar surface area (TPSA) is 87.5 Å². The Labute approximate surface area is 96.1 Å². The van der Waals surface area contributed by atoms with Gasteiger partial charge in [0.15, 0.2) is 4.77 Å². The van der Waals surface area contributed by atoms with E-state index in [1.807, 2.05) is 0 Å². The first-order valence-corrected chi connectivity index (χ1v) is 5.28. The number of aliphatic hydroxyl groups is 2. The number of H-pyrrole nitrogens is 1. The number of ether oxygens (including phenoxy) is 1. The second-order valence-electron chi connectivity index (χ2n) is 3.63. The van der Waals surface area contributed by atoms with Crippen molar-refractivity contribution in [1.82, 2.24) is 9.55 Å². The van der Waals surface area contributed by atoms with Crippen molar-refractivity contribution in [3.8, 4) is 0 Å². The molecule has 3 N–H and O–H groups in total. The van der Waals surface area contributed by atoms with Crippen LogP contribution < -0.4 is 5.56 Å². The van der Waals surface area contributed by atoms with Crippen molar-refractivity contribution in [1.29, 1.82) is 0 Å². The molecule has 88 valence electrons. The third-order valence-corrected chi connectivity index (χ3v) is 2.86. The van der Waals surface area contributed by atoms with Crippen LogP contribution in [0.1, 0.15) is 12.6 Å². The van der Waals surface area contributed by atoms with Gasteiger partial charge in [0.1, 0.15) is 12.3 Å². The van der Waals surface area contributed by atoms with Gasteiger partial charge in [-0.3, -0.25) is 14.3 Å². The predicted molar refractivity (Wildman–Crippen MR) is 57.5 cm³/mol. The zero-order valence-electron chi connectivity index (χ0n) is 8.37. The first-order valence-electron chi connectivity index (χ1n) is 4.87. The maximum absolute atomic E-state index is 11.0. The fraction of sp³-hybridized carbons (Fsp3) is 0.556. The van der Waals surface area contributed by atoms with Gasteiger partial charge in [-0.05, 0) is 12.2 Å². The van der Waals surface area contributed by atoms with Crippen molar-refractivity contribution in [2.24, 2.45) is 0 Å². The van der Waals surface area contributed by atoms with Crippen LogP contribution in [0.25, 0.3) is 0 Å². The van der Waals surface area contributed by atoms with E-state index in [0.29, 0.717) is 6.42 Å². The summed E-state index contributed by atoms with van der Waals surface area (Å²) >= 11 is 4.97. The van der Waals surface area contributed by atoms with Crippen LogP contribution in [0.4, 0.5) is 0 Å². The van der Waals surface area contributed by atoms with Gasteiger partial charge in [0.2, 0.25) is 0 Å². The first-order chi connectivity index (χ1) is 7.61. The molecule has 0 aromatic carbocycles. The third-order valence-electron chi connectivity index (χ3n) is 2.55. The quantitative estimate of drug-likeness (QED) is 0.613. The Morgan fingerprint density at radius 2 is 2.44 bits per heavy atom. The summed E-state index contributed by atoms with van der Waals surface area (Å²) in [5.74, 6) is 0. The summed E-state index contributed by atoms with van der Waals surface area (Å²) in [7, 11) is 0. The van der Waals surface area contributed by atoms with E-state index in [4.69, 9.17) is 22.1 Å². The van der Waals surface area contributed by atoms with Crippen LogP contribution in [-0.4, -0.2) is 38.6 Å². The minimum Gasteiger partial charge on any atom is -0.394 e. The van der Waals surface area contributed by atoms with Crippen LogP contribution in [0.5, 0.6) is 0 Å². The fourth-order valence-corrected chi connectivity index (χ4v) is 1.98. The van der Waals surface area contributed by atoms with Gasteiger partial charge in [-0.25, -0.2) is 0 Å². The summed E-state index contributed by atoms with van der Waals surface area (Å²) in [5.41, 5.74) is -0.279. The number of aliphatic hydroxyl groups excluding tert-OH is 2. The fourth-order valence-electron chi connectivity index (χ4n) is 1.70. The third kappa shape index (κ3) is 2.07. The predicted octanol–water partition coefficient (Wildman–Crippen LogP) is -0.453. The summed E-state index contributed by atoms with van der Waals surface area (Å²) in [6.45, 7) is -0.242. The highest BCUT2D eigenvalue weighted by molar-refractivity contribution is 7.71. The number of nitrogens with zero attached hydrogens (tertiary/aromatic N) is 1. The van der Waals surface area contributed by atoms with E-state index in [9.17, 15) is 9.90 Å². The summed E-state index contributed by atoms with van der Waals surface area (Å²) in [5, 5.41) is 18.5. The van der Waals surface area contributed by atoms with E-state index < -0.39 is 18.4 Å². The maximum Gasteiger partial charge on any atom is 0.251 e. The molecule has 0 amide bonds. The van der Waals surface area contributed by atoms with Crippen molar-refractivity contribution in [2.45, 2.75) is 24.9 Å². The largest absolute Gasteiger partial charge is 0.394 e. The molecule has 7 heteroatoms. The molecule has 3 atom stereocenters. The van der Waals surface area contributed by atoms with Crippen LogP contribution in [0.2, 0.25) is 0 Å². The molecule has 1 aromatic rings. The smallest absolute Gasteiger partial charge is 0.251 e. The molecule has 0 spiro atoms. The number of aromatic nitrogens is 2. The SMILES string of the molecule is O=c1ccn(C2C[C@H](O)[C@@H](CO)O2)c(=S)[nH]1. The molecule has 0 aliphatic carbocycles. The van der Waals surface area contributed by atoms with Crippen LogP contribution >= 0.6 is 12.2 Å². The number of hydrogen-bond donors (Lipinski definition) is 3. The summed E-state index contributed by atoms with van der Waals surface area (Å²) in [6, 6.07) is 1.33. The highest BCUT2D eigenvalue weighted by Gasteiger charge is 2.34. The molecular formula is C9H12N2O4S. The second-order valence-corrected chi connectivity index (χ2v) is 4.02.